The topological polar surface area (TPSA) is 34.9 Å². The quantitative estimate of drug-likeness (QED) is 0.499. The number of nitrogens with zero attached hydrogens (tertiary/aromatic N) is 2. The minimum Gasteiger partial charge on any atom is -0.296 e. The highest BCUT2D eigenvalue weighted by atomic mass is 16.1. The molecule has 0 spiro atoms. The van der Waals surface area contributed by atoms with Crippen LogP contribution in [0.25, 0.3) is 0 Å². The van der Waals surface area contributed by atoms with Gasteiger partial charge in [-0.15, -0.1) is 0 Å². The van der Waals surface area contributed by atoms with Crippen LogP contribution in [-0.2, 0) is 6.54 Å². The van der Waals surface area contributed by atoms with E-state index in [0.717, 1.165) is 24.9 Å². The van der Waals surface area contributed by atoms with Crippen molar-refractivity contribution >= 4 is 6.29 Å². The molecular formula is C13H22N2O. The molecule has 1 aromatic rings. The van der Waals surface area contributed by atoms with Gasteiger partial charge in [0.25, 0.3) is 0 Å². The van der Waals surface area contributed by atoms with Gasteiger partial charge in [-0.3, -0.25) is 9.48 Å². The Bertz CT molecular complexity index is 318. The molecule has 0 atom stereocenters. The van der Waals surface area contributed by atoms with Crippen LogP contribution in [0.15, 0.2) is 6.07 Å². The fourth-order valence-corrected chi connectivity index (χ4v) is 1.88. The van der Waals surface area contributed by atoms with Crippen molar-refractivity contribution in [2.24, 2.45) is 0 Å². The lowest BCUT2D eigenvalue weighted by Crippen LogP contribution is -2.04. The summed E-state index contributed by atoms with van der Waals surface area (Å²) >= 11 is 0. The average Bonchev–Trinajstić information content (AvgIpc) is 2.64. The van der Waals surface area contributed by atoms with Gasteiger partial charge in [0, 0.05) is 6.54 Å². The van der Waals surface area contributed by atoms with Crippen molar-refractivity contribution in [3.63, 3.8) is 0 Å². The summed E-state index contributed by atoms with van der Waals surface area (Å²) in [4.78, 5) is 10.8. The minimum atomic E-state index is 0.700. The smallest absolute Gasteiger partial charge is 0.168 e. The van der Waals surface area contributed by atoms with Crippen molar-refractivity contribution in [1.82, 2.24) is 9.78 Å². The van der Waals surface area contributed by atoms with E-state index < -0.39 is 0 Å². The largest absolute Gasteiger partial charge is 0.296 e. The zero-order valence-electron chi connectivity index (χ0n) is 10.4. The van der Waals surface area contributed by atoms with Crippen molar-refractivity contribution < 1.29 is 4.79 Å². The molecule has 0 amide bonds. The number of aryl methyl sites for hydroxylation is 2. The Morgan fingerprint density at radius 2 is 1.94 bits per heavy atom. The van der Waals surface area contributed by atoms with Gasteiger partial charge >= 0.3 is 0 Å². The molecule has 3 nitrogen and oxygen atoms in total. The first-order chi connectivity index (χ1) is 7.77. The first kappa shape index (κ1) is 12.9. The summed E-state index contributed by atoms with van der Waals surface area (Å²) in [5.41, 5.74) is 1.62. The molecule has 3 heteroatoms. The molecule has 0 bridgehead atoms. The van der Waals surface area contributed by atoms with Crippen LogP contribution >= 0.6 is 0 Å². The monoisotopic (exact) mass is 222 g/mol. The number of aromatic nitrogens is 2. The molecule has 90 valence electrons. The predicted molar refractivity (Wildman–Crippen MR) is 65.7 cm³/mol. The number of unbranched alkanes of at least 4 members (excludes halogenated alkanes) is 5. The van der Waals surface area contributed by atoms with E-state index in [-0.39, 0.29) is 0 Å². The summed E-state index contributed by atoms with van der Waals surface area (Å²) in [6.45, 7) is 5.02. The van der Waals surface area contributed by atoms with Crippen molar-refractivity contribution in [3.8, 4) is 0 Å². The van der Waals surface area contributed by atoms with Crippen LogP contribution in [0.1, 0.15) is 61.6 Å². The number of hydrogen-bond acceptors (Lipinski definition) is 2. The van der Waals surface area contributed by atoms with Gasteiger partial charge in [-0.2, -0.15) is 5.10 Å². The van der Waals surface area contributed by atoms with Gasteiger partial charge < -0.3 is 0 Å². The van der Waals surface area contributed by atoms with Gasteiger partial charge in [0.1, 0.15) is 5.69 Å². The standard InChI is InChI=1S/C13H22N2O/c1-3-4-5-6-7-8-9-15-13(11-16)10-12(2)14-15/h10-11H,3-9H2,1-2H3. The third kappa shape index (κ3) is 4.17. The third-order valence-electron chi connectivity index (χ3n) is 2.78. The summed E-state index contributed by atoms with van der Waals surface area (Å²) in [7, 11) is 0. The van der Waals surface area contributed by atoms with Gasteiger partial charge in [0.05, 0.1) is 5.69 Å². The van der Waals surface area contributed by atoms with E-state index in [1.54, 1.807) is 0 Å². The van der Waals surface area contributed by atoms with Crippen LogP contribution in [0.4, 0.5) is 0 Å². The number of aldehydes is 1. The van der Waals surface area contributed by atoms with Gasteiger partial charge in [-0.05, 0) is 19.4 Å². The van der Waals surface area contributed by atoms with Crippen LogP contribution in [0, 0.1) is 6.92 Å². The maximum Gasteiger partial charge on any atom is 0.168 e. The lowest BCUT2D eigenvalue weighted by molar-refractivity contribution is 0.111. The average molecular weight is 222 g/mol. The van der Waals surface area contributed by atoms with E-state index in [9.17, 15) is 4.79 Å². The second-order valence-electron chi connectivity index (χ2n) is 4.32. The predicted octanol–water partition coefficient (Wildman–Crippen LogP) is 3.36. The van der Waals surface area contributed by atoms with Crippen molar-refractivity contribution in [2.45, 2.75) is 58.9 Å². The Balaban J connectivity index is 2.23. The van der Waals surface area contributed by atoms with Crippen molar-refractivity contribution in [1.29, 1.82) is 0 Å². The third-order valence-corrected chi connectivity index (χ3v) is 2.78. The van der Waals surface area contributed by atoms with Gasteiger partial charge in [-0.25, -0.2) is 0 Å². The number of carbonyl (C=O) groups excluding carboxylic acids is 1. The SMILES string of the molecule is CCCCCCCCn1nc(C)cc1C=O. The molecule has 0 saturated carbocycles. The lowest BCUT2D eigenvalue weighted by Gasteiger charge is -2.03. The minimum absolute atomic E-state index is 0.700. The molecule has 0 aliphatic rings. The zero-order valence-corrected chi connectivity index (χ0v) is 10.4. The molecule has 1 aromatic heterocycles. The fraction of sp³-hybridized carbons (Fsp3) is 0.692. The number of carbonyl (C=O) groups is 1. The number of rotatable bonds is 8. The first-order valence-corrected chi connectivity index (χ1v) is 6.27. The number of hydrogen-bond donors (Lipinski definition) is 0. The van der Waals surface area contributed by atoms with E-state index in [1.807, 2.05) is 17.7 Å². The van der Waals surface area contributed by atoms with Crippen molar-refractivity contribution in [3.05, 3.63) is 17.5 Å². The highest BCUT2D eigenvalue weighted by Crippen LogP contribution is 2.08. The second-order valence-corrected chi connectivity index (χ2v) is 4.32. The molecule has 0 aliphatic carbocycles. The molecule has 0 unspecified atom stereocenters. The molecule has 16 heavy (non-hydrogen) atoms. The summed E-state index contributed by atoms with van der Waals surface area (Å²) in [6.07, 6.45) is 8.48. The van der Waals surface area contributed by atoms with Crippen LogP contribution in [0.5, 0.6) is 0 Å². The van der Waals surface area contributed by atoms with Gasteiger partial charge in [0.15, 0.2) is 6.29 Å². The Kier molecular flexibility index (Phi) is 5.83. The molecule has 0 aromatic carbocycles. The molecule has 0 saturated heterocycles. The molecular weight excluding hydrogens is 200 g/mol. The fourth-order valence-electron chi connectivity index (χ4n) is 1.88. The van der Waals surface area contributed by atoms with Crippen LogP contribution in [-0.4, -0.2) is 16.1 Å². The summed E-state index contributed by atoms with van der Waals surface area (Å²) < 4.78 is 1.82. The Labute approximate surface area is 97.8 Å². The Hall–Kier alpha value is -1.12. The highest BCUT2D eigenvalue weighted by molar-refractivity contribution is 5.72. The molecule has 0 radical (unpaired) electrons. The molecule has 0 N–H and O–H groups in total. The Morgan fingerprint density at radius 3 is 2.62 bits per heavy atom. The normalized spacial score (nSPS) is 10.6. The van der Waals surface area contributed by atoms with E-state index in [4.69, 9.17) is 0 Å². The molecule has 1 rings (SSSR count). The van der Waals surface area contributed by atoms with Gasteiger partial charge in [0.2, 0.25) is 0 Å². The highest BCUT2D eigenvalue weighted by Gasteiger charge is 2.03. The molecule has 0 aliphatic heterocycles. The van der Waals surface area contributed by atoms with Crippen molar-refractivity contribution in [2.75, 3.05) is 0 Å². The van der Waals surface area contributed by atoms with Crippen LogP contribution in [0.2, 0.25) is 0 Å². The summed E-state index contributed by atoms with van der Waals surface area (Å²) in [5.74, 6) is 0. The summed E-state index contributed by atoms with van der Waals surface area (Å²) in [6, 6.07) is 1.84. The molecule has 1 heterocycles. The zero-order chi connectivity index (χ0) is 11.8. The van der Waals surface area contributed by atoms with E-state index in [1.165, 1.54) is 32.1 Å². The Morgan fingerprint density at radius 1 is 1.25 bits per heavy atom. The molecule has 0 fully saturated rings. The summed E-state index contributed by atoms with van der Waals surface area (Å²) in [5, 5.41) is 4.30. The van der Waals surface area contributed by atoms with Crippen LogP contribution < -0.4 is 0 Å². The van der Waals surface area contributed by atoms with E-state index >= 15 is 0 Å². The lowest BCUT2D eigenvalue weighted by atomic mass is 10.1. The second kappa shape index (κ2) is 7.20. The van der Waals surface area contributed by atoms with E-state index in [0.29, 0.717) is 5.69 Å². The van der Waals surface area contributed by atoms with E-state index in [2.05, 4.69) is 12.0 Å². The maximum absolute atomic E-state index is 10.8. The van der Waals surface area contributed by atoms with Gasteiger partial charge in [-0.1, -0.05) is 39.0 Å². The maximum atomic E-state index is 10.8. The first-order valence-electron chi connectivity index (χ1n) is 6.27. The van der Waals surface area contributed by atoms with Crippen LogP contribution in [0.3, 0.4) is 0 Å².